The summed E-state index contributed by atoms with van der Waals surface area (Å²) >= 11 is 0. The highest BCUT2D eigenvalue weighted by Gasteiger charge is 2.36. The summed E-state index contributed by atoms with van der Waals surface area (Å²) in [6.45, 7) is 1.65. The molecular weight excluding hydrogens is 404 g/mol. The van der Waals surface area contributed by atoms with E-state index in [2.05, 4.69) is 16.1 Å². The summed E-state index contributed by atoms with van der Waals surface area (Å²) in [6.07, 6.45) is 7.69. The number of hydrogen-bond acceptors (Lipinski definition) is 5. The van der Waals surface area contributed by atoms with Crippen molar-refractivity contribution >= 4 is 21.7 Å². The van der Waals surface area contributed by atoms with Gasteiger partial charge in [-0.25, -0.2) is 9.52 Å². The number of urea groups is 1. The van der Waals surface area contributed by atoms with Crippen LogP contribution in [0.2, 0.25) is 0 Å². The zero-order valence-corrected chi connectivity index (χ0v) is 17.8. The van der Waals surface area contributed by atoms with Gasteiger partial charge in [-0.15, -0.1) is 0 Å². The van der Waals surface area contributed by atoms with E-state index in [0.29, 0.717) is 30.6 Å². The van der Waals surface area contributed by atoms with E-state index in [-0.39, 0.29) is 5.09 Å². The fourth-order valence-electron chi connectivity index (χ4n) is 5.18. The lowest BCUT2D eigenvalue weighted by molar-refractivity contribution is 0.0362. The molecule has 8 heteroatoms. The molecule has 0 saturated heterocycles. The van der Waals surface area contributed by atoms with Crippen molar-refractivity contribution in [2.45, 2.75) is 75.4 Å². The SMILES string of the molecule is CC1(O)CCCc2oc(S(=O)(=O)NC(=O)Nc3c4c(cc5c3CCC5)CCC4)cc21. The zero-order chi connectivity index (χ0) is 21.1. The second-order valence-electron chi connectivity index (χ2n) is 8.82. The van der Waals surface area contributed by atoms with Crippen molar-refractivity contribution in [3.63, 3.8) is 0 Å². The second kappa shape index (κ2) is 6.85. The lowest BCUT2D eigenvalue weighted by Crippen LogP contribution is -2.34. The van der Waals surface area contributed by atoms with Crippen LogP contribution in [0.3, 0.4) is 0 Å². The van der Waals surface area contributed by atoms with Gasteiger partial charge < -0.3 is 14.8 Å². The standard InChI is InChI=1S/C22H26N2O5S/c1-22(26)10-4-9-18-17(22)12-19(29-18)30(27,28)24-21(25)23-20-15-7-2-5-13(15)11-14-6-3-8-16(14)20/h11-12,26H,2-10H2,1H3,(H2,23,24,25). The molecule has 1 heterocycles. The Bertz CT molecular complexity index is 1110. The van der Waals surface area contributed by atoms with Gasteiger partial charge in [-0.3, -0.25) is 0 Å². The predicted molar refractivity (Wildman–Crippen MR) is 111 cm³/mol. The van der Waals surface area contributed by atoms with Crippen LogP contribution in [0.4, 0.5) is 10.5 Å². The number of rotatable bonds is 3. The first-order valence-electron chi connectivity index (χ1n) is 10.6. The van der Waals surface area contributed by atoms with Gasteiger partial charge in [0.2, 0.25) is 5.09 Å². The summed E-state index contributed by atoms with van der Waals surface area (Å²) < 4.78 is 33.2. The Morgan fingerprint density at radius 2 is 1.70 bits per heavy atom. The van der Waals surface area contributed by atoms with E-state index in [4.69, 9.17) is 4.42 Å². The molecule has 3 aliphatic rings. The van der Waals surface area contributed by atoms with Crippen LogP contribution >= 0.6 is 0 Å². The number of benzene rings is 1. The van der Waals surface area contributed by atoms with E-state index >= 15 is 0 Å². The van der Waals surface area contributed by atoms with E-state index in [0.717, 1.165) is 55.3 Å². The molecule has 1 atom stereocenters. The number of carbonyl (C=O) groups excluding carboxylic acids is 1. The van der Waals surface area contributed by atoms with Crippen LogP contribution in [0.1, 0.15) is 66.2 Å². The maximum Gasteiger partial charge on any atom is 0.333 e. The number of aryl methyl sites for hydroxylation is 3. The minimum absolute atomic E-state index is 0.339. The normalized spacial score (nSPS) is 22.3. The van der Waals surface area contributed by atoms with Gasteiger partial charge in [0.25, 0.3) is 10.0 Å². The molecule has 2 aromatic rings. The Morgan fingerprint density at radius 3 is 2.33 bits per heavy atom. The van der Waals surface area contributed by atoms with E-state index in [9.17, 15) is 18.3 Å². The van der Waals surface area contributed by atoms with Crippen LogP contribution in [0.25, 0.3) is 0 Å². The Labute approximate surface area is 175 Å². The Balaban J connectivity index is 1.40. The van der Waals surface area contributed by atoms with E-state index in [1.165, 1.54) is 17.2 Å². The maximum atomic E-state index is 12.8. The highest BCUT2D eigenvalue weighted by atomic mass is 32.2. The first-order chi connectivity index (χ1) is 14.2. The average molecular weight is 431 g/mol. The van der Waals surface area contributed by atoms with Crippen molar-refractivity contribution in [1.82, 2.24) is 4.72 Å². The number of sulfonamides is 1. The number of fused-ring (bicyclic) bond motifs is 3. The summed E-state index contributed by atoms with van der Waals surface area (Å²) in [5.74, 6) is 0.464. The van der Waals surface area contributed by atoms with Gasteiger partial charge >= 0.3 is 6.03 Å². The lowest BCUT2D eigenvalue weighted by atomic mass is 9.85. The summed E-state index contributed by atoms with van der Waals surface area (Å²) in [4.78, 5) is 12.7. The molecule has 0 radical (unpaired) electrons. The van der Waals surface area contributed by atoms with Crippen molar-refractivity contribution in [3.05, 3.63) is 45.7 Å². The molecule has 1 unspecified atom stereocenters. The van der Waals surface area contributed by atoms with Crippen LogP contribution < -0.4 is 10.0 Å². The number of hydrogen-bond donors (Lipinski definition) is 3. The quantitative estimate of drug-likeness (QED) is 0.692. The van der Waals surface area contributed by atoms with E-state index in [1.54, 1.807) is 6.92 Å². The largest absolute Gasteiger partial charge is 0.447 e. The van der Waals surface area contributed by atoms with Gasteiger partial charge in [0.05, 0.1) is 5.60 Å². The van der Waals surface area contributed by atoms with E-state index in [1.807, 2.05) is 0 Å². The van der Waals surface area contributed by atoms with Crippen LogP contribution in [-0.2, 0) is 47.7 Å². The molecule has 5 rings (SSSR count). The summed E-state index contributed by atoms with van der Waals surface area (Å²) in [5.41, 5.74) is 4.92. The number of furan rings is 1. The molecule has 1 aromatic carbocycles. The average Bonchev–Trinajstić information content (AvgIpc) is 3.39. The molecule has 0 aliphatic heterocycles. The van der Waals surface area contributed by atoms with Crippen LogP contribution in [0.15, 0.2) is 21.6 Å². The van der Waals surface area contributed by atoms with Crippen molar-refractivity contribution in [2.75, 3.05) is 5.32 Å². The number of amides is 2. The van der Waals surface area contributed by atoms with Crippen LogP contribution in [-0.4, -0.2) is 19.6 Å². The fourth-order valence-corrected chi connectivity index (χ4v) is 6.06. The van der Waals surface area contributed by atoms with Crippen molar-refractivity contribution in [1.29, 1.82) is 0 Å². The Kier molecular flexibility index (Phi) is 4.48. The van der Waals surface area contributed by atoms with Gasteiger partial charge in [-0.05, 0) is 80.5 Å². The topological polar surface area (TPSA) is 109 Å². The first-order valence-corrected chi connectivity index (χ1v) is 12.1. The highest BCUT2D eigenvalue weighted by Crippen LogP contribution is 2.39. The predicted octanol–water partition coefficient (Wildman–Crippen LogP) is 3.31. The Morgan fingerprint density at radius 1 is 1.03 bits per heavy atom. The number of aliphatic hydroxyl groups is 1. The molecule has 2 amide bonds. The van der Waals surface area contributed by atoms with Crippen molar-refractivity contribution in [3.8, 4) is 0 Å². The molecule has 7 nitrogen and oxygen atoms in total. The molecule has 0 fully saturated rings. The zero-order valence-electron chi connectivity index (χ0n) is 17.0. The number of carbonyl (C=O) groups is 1. The van der Waals surface area contributed by atoms with Crippen LogP contribution in [0, 0.1) is 0 Å². The smallest absolute Gasteiger partial charge is 0.333 e. The van der Waals surface area contributed by atoms with Gasteiger partial charge in [-0.1, -0.05) is 6.07 Å². The monoisotopic (exact) mass is 430 g/mol. The third-order valence-electron chi connectivity index (χ3n) is 6.64. The molecular formula is C22H26N2O5S. The molecule has 3 aliphatic carbocycles. The maximum absolute atomic E-state index is 12.8. The molecule has 0 spiro atoms. The van der Waals surface area contributed by atoms with Gasteiger partial charge in [0.15, 0.2) is 0 Å². The third kappa shape index (κ3) is 3.22. The lowest BCUT2D eigenvalue weighted by Gasteiger charge is -2.26. The summed E-state index contributed by atoms with van der Waals surface area (Å²) in [7, 11) is -4.19. The number of nitrogens with one attached hydrogen (secondary N) is 2. The van der Waals surface area contributed by atoms with Crippen LogP contribution in [0.5, 0.6) is 0 Å². The van der Waals surface area contributed by atoms with Gasteiger partial charge in [-0.2, -0.15) is 8.42 Å². The number of anilines is 1. The molecule has 3 N–H and O–H groups in total. The minimum Gasteiger partial charge on any atom is -0.447 e. The van der Waals surface area contributed by atoms with Gasteiger partial charge in [0.1, 0.15) is 5.76 Å². The molecule has 0 bridgehead atoms. The highest BCUT2D eigenvalue weighted by molar-refractivity contribution is 7.89. The minimum atomic E-state index is -4.19. The molecule has 1 aromatic heterocycles. The molecule has 0 saturated carbocycles. The molecule has 160 valence electrons. The first kappa shape index (κ1) is 19.6. The summed E-state index contributed by atoms with van der Waals surface area (Å²) in [6, 6.07) is 2.80. The molecule has 30 heavy (non-hydrogen) atoms. The van der Waals surface area contributed by atoms with Crippen molar-refractivity contribution < 1.29 is 22.7 Å². The Hall–Kier alpha value is -2.32. The second-order valence-corrected chi connectivity index (χ2v) is 10.4. The summed E-state index contributed by atoms with van der Waals surface area (Å²) in [5, 5.41) is 13.0. The van der Waals surface area contributed by atoms with Gasteiger partial charge in [0, 0.05) is 23.7 Å². The van der Waals surface area contributed by atoms with E-state index < -0.39 is 21.7 Å². The fraction of sp³-hybridized carbons (Fsp3) is 0.500. The van der Waals surface area contributed by atoms with Crippen molar-refractivity contribution in [2.24, 2.45) is 0 Å². The third-order valence-corrected chi connectivity index (χ3v) is 7.82.